The molecule has 132 valence electrons. The predicted octanol–water partition coefficient (Wildman–Crippen LogP) is 2.11. The molecule has 0 aliphatic heterocycles. The van der Waals surface area contributed by atoms with E-state index in [1.807, 2.05) is 13.8 Å². The molecule has 0 fully saturated rings. The Morgan fingerprint density at radius 3 is 2.09 bits per heavy atom. The Morgan fingerprint density at radius 2 is 1.65 bits per heavy atom. The monoisotopic (exact) mass is 363 g/mol. The van der Waals surface area contributed by atoms with Gasteiger partial charge in [-0.1, -0.05) is 13.8 Å². The molecule has 1 rings (SSSR count). The van der Waals surface area contributed by atoms with E-state index < -0.39 is 16.1 Å². The zero-order valence-electron chi connectivity index (χ0n) is 13.9. The van der Waals surface area contributed by atoms with E-state index in [4.69, 9.17) is 5.73 Å². The first-order valence-electron chi connectivity index (χ1n) is 7.30. The number of halogens is 1. The lowest BCUT2D eigenvalue weighted by molar-refractivity contribution is -0.117. The number of nitrogens with one attached hydrogen (secondary N) is 2. The molecule has 0 aromatic heterocycles. The van der Waals surface area contributed by atoms with E-state index in [1.165, 1.54) is 12.1 Å². The number of benzene rings is 1. The molecule has 0 saturated carbocycles. The smallest absolute Gasteiger partial charge is 0.241 e. The van der Waals surface area contributed by atoms with Crippen LogP contribution in [-0.4, -0.2) is 26.4 Å². The number of hydrogen-bond acceptors (Lipinski definition) is 4. The third kappa shape index (κ3) is 7.30. The second-order valence-corrected chi connectivity index (χ2v) is 7.74. The highest BCUT2D eigenvalue weighted by Crippen LogP contribution is 2.15. The normalized spacial score (nSPS) is 12.8. The molecule has 0 radical (unpaired) electrons. The second kappa shape index (κ2) is 9.22. The number of sulfonamides is 1. The molecular weight excluding hydrogens is 338 g/mol. The van der Waals surface area contributed by atoms with Gasteiger partial charge in [0.1, 0.15) is 0 Å². The van der Waals surface area contributed by atoms with Gasteiger partial charge in [0.15, 0.2) is 0 Å². The van der Waals surface area contributed by atoms with Crippen molar-refractivity contribution >= 4 is 34.0 Å². The highest BCUT2D eigenvalue weighted by molar-refractivity contribution is 7.89. The lowest BCUT2D eigenvalue weighted by atomic mass is 10.0. The zero-order valence-corrected chi connectivity index (χ0v) is 15.5. The Labute approximate surface area is 144 Å². The average molecular weight is 364 g/mol. The summed E-state index contributed by atoms with van der Waals surface area (Å²) in [5.74, 6) is 0.0555. The van der Waals surface area contributed by atoms with Crippen molar-refractivity contribution in [2.45, 2.75) is 51.1 Å². The topological polar surface area (TPSA) is 101 Å². The zero-order chi connectivity index (χ0) is 16.9. The Kier molecular flexibility index (Phi) is 8.76. The summed E-state index contributed by atoms with van der Waals surface area (Å²) in [5, 5.41) is 2.69. The first-order chi connectivity index (χ1) is 10.1. The first-order valence-corrected chi connectivity index (χ1v) is 8.79. The first kappa shape index (κ1) is 21.9. The van der Waals surface area contributed by atoms with E-state index in [1.54, 1.807) is 26.0 Å². The Balaban J connectivity index is 0.00000484. The van der Waals surface area contributed by atoms with Gasteiger partial charge in [-0.3, -0.25) is 4.79 Å². The molecule has 8 heteroatoms. The lowest BCUT2D eigenvalue weighted by Crippen LogP contribution is -2.36. The summed E-state index contributed by atoms with van der Waals surface area (Å²) in [5.41, 5.74) is 6.32. The van der Waals surface area contributed by atoms with Crippen LogP contribution < -0.4 is 15.8 Å². The summed E-state index contributed by atoms with van der Waals surface area (Å²) in [6.07, 6.45) is 0.594. The third-order valence-corrected chi connectivity index (χ3v) is 4.56. The van der Waals surface area contributed by atoms with Crippen molar-refractivity contribution in [3.63, 3.8) is 0 Å². The SMILES string of the molecule is CC(C)C[C@H](N)C(=O)Nc1ccc(S(=O)(=O)NC(C)C)cc1.Cl. The number of rotatable bonds is 7. The van der Waals surface area contributed by atoms with E-state index in [0.29, 0.717) is 18.0 Å². The van der Waals surface area contributed by atoms with Gasteiger partial charge in [0.25, 0.3) is 0 Å². The number of hydrogen-bond donors (Lipinski definition) is 3. The number of nitrogens with two attached hydrogens (primary N) is 1. The Morgan fingerprint density at radius 1 is 1.13 bits per heavy atom. The summed E-state index contributed by atoms with van der Waals surface area (Å²) in [4.78, 5) is 12.1. The van der Waals surface area contributed by atoms with Crippen LogP contribution >= 0.6 is 12.4 Å². The van der Waals surface area contributed by atoms with Gasteiger partial charge in [-0.15, -0.1) is 12.4 Å². The van der Waals surface area contributed by atoms with E-state index in [0.717, 1.165) is 0 Å². The van der Waals surface area contributed by atoms with Crippen LogP contribution in [0.3, 0.4) is 0 Å². The third-order valence-electron chi connectivity index (χ3n) is 2.89. The fourth-order valence-corrected chi connectivity index (χ4v) is 3.20. The quantitative estimate of drug-likeness (QED) is 0.690. The number of amides is 1. The van der Waals surface area contributed by atoms with Crippen LogP contribution in [0, 0.1) is 5.92 Å². The van der Waals surface area contributed by atoms with Crippen LogP contribution in [0.2, 0.25) is 0 Å². The Hall–Kier alpha value is -1.15. The van der Waals surface area contributed by atoms with Crippen LogP contribution in [0.4, 0.5) is 5.69 Å². The van der Waals surface area contributed by atoms with Gasteiger partial charge in [0.2, 0.25) is 15.9 Å². The van der Waals surface area contributed by atoms with Crippen molar-refractivity contribution in [3.8, 4) is 0 Å². The largest absolute Gasteiger partial charge is 0.325 e. The molecule has 0 aliphatic rings. The van der Waals surface area contributed by atoms with Gasteiger partial charge in [0.05, 0.1) is 10.9 Å². The van der Waals surface area contributed by atoms with Crippen LogP contribution in [0.15, 0.2) is 29.2 Å². The minimum absolute atomic E-state index is 0. The molecular formula is C15H26ClN3O3S. The number of carbonyl (C=O) groups excluding carboxylic acids is 1. The summed E-state index contributed by atoms with van der Waals surface area (Å²) in [7, 11) is -3.52. The van der Waals surface area contributed by atoms with Crippen LogP contribution in [0.25, 0.3) is 0 Å². The van der Waals surface area contributed by atoms with Crippen molar-refractivity contribution in [2.75, 3.05) is 5.32 Å². The Bertz CT molecular complexity index is 601. The van der Waals surface area contributed by atoms with E-state index >= 15 is 0 Å². The van der Waals surface area contributed by atoms with Crippen LogP contribution in [0.1, 0.15) is 34.1 Å². The maximum absolute atomic E-state index is 12.0. The molecule has 0 heterocycles. The van der Waals surface area contributed by atoms with Crippen molar-refractivity contribution in [1.82, 2.24) is 4.72 Å². The van der Waals surface area contributed by atoms with E-state index in [9.17, 15) is 13.2 Å². The molecule has 23 heavy (non-hydrogen) atoms. The molecule has 6 nitrogen and oxygen atoms in total. The molecule has 4 N–H and O–H groups in total. The standard InChI is InChI=1S/C15H25N3O3S.ClH/c1-10(2)9-14(16)15(19)17-12-5-7-13(8-6-12)22(20,21)18-11(3)4;/h5-8,10-11,14,18H,9,16H2,1-4H3,(H,17,19);1H/t14-;/m0./s1. The van der Waals surface area contributed by atoms with E-state index in [2.05, 4.69) is 10.0 Å². The van der Waals surface area contributed by atoms with Crippen molar-refractivity contribution in [1.29, 1.82) is 0 Å². The predicted molar refractivity (Wildman–Crippen MR) is 95.2 cm³/mol. The molecule has 1 atom stereocenters. The van der Waals surface area contributed by atoms with Gasteiger partial charge in [-0.25, -0.2) is 13.1 Å². The summed E-state index contributed by atoms with van der Waals surface area (Å²) in [6, 6.07) is 5.25. The highest BCUT2D eigenvalue weighted by atomic mass is 35.5. The van der Waals surface area contributed by atoms with E-state index in [-0.39, 0.29) is 29.3 Å². The van der Waals surface area contributed by atoms with Crippen LogP contribution in [-0.2, 0) is 14.8 Å². The average Bonchev–Trinajstić information content (AvgIpc) is 2.36. The van der Waals surface area contributed by atoms with Crippen molar-refractivity contribution in [2.24, 2.45) is 11.7 Å². The molecule has 1 amide bonds. The highest BCUT2D eigenvalue weighted by Gasteiger charge is 2.17. The molecule has 0 saturated heterocycles. The minimum Gasteiger partial charge on any atom is -0.325 e. The minimum atomic E-state index is -3.52. The molecule has 0 unspecified atom stereocenters. The fraction of sp³-hybridized carbons (Fsp3) is 0.533. The second-order valence-electron chi connectivity index (χ2n) is 6.03. The van der Waals surface area contributed by atoms with Gasteiger partial charge < -0.3 is 11.1 Å². The fourth-order valence-electron chi connectivity index (χ4n) is 1.95. The van der Waals surface area contributed by atoms with Gasteiger partial charge in [-0.05, 0) is 50.5 Å². The maximum Gasteiger partial charge on any atom is 0.241 e. The maximum atomic E-state index is 12.0. The van der Waals surface area contributed by atoms with Crippen LogP contribution in [0.5, 0.6) is 0 Å². The molecule has 0 aliphatic carbocycles. The molecule has 1 aromatic carbocycles. The van der Waals surface area contributed by atoms with Gasteiger partial charge >= 0.3 is 0 Å². The summed E-state index contributed by atoms with van der Waals surface area (Å²) >= 11 is 0. The number of anilines is 1. The van der Waals surface area contributed by atoms with Gasteiger partial charge in [0, 0.05) is 11.7 Å². The molecule has 1 aromatic rings. The lowest BCUT2D eigenvalue weighted by Gasteiger charge is -2.14. The molecule has 0 spiro atoms. The number of carbonyl (C=O) groups is 1. The molecule has 0 bridgehead atoms. The van der Waals surface area contributed by atoms with Gasteiger partial charge in [-0.2, -0.15) is 0 Å². The van der Waals surface area contributed by atoms with Crippen molar-refractivity contribution < 1.29 is 13.2 Å². The van der Waals surface area contributed by atoms with Crippen molar-refractivity contribution in [3.05, 3.63) is 24.3 Å². The summed E-state index contributed by atoms with van der Waals surface area (Å²) < 4.78 is 26.5. The summed E-state index contributed by atoms with van der Waals surface area (Å²) in [6.45, 7) is 7.49.